The molecular weight excluding hydrogens is 314 g/mol. The molecule has 1 aliphatic heterocycles. The number of aliphatic hydroxyl groups excluding tert-OH is 1. The standard InChI is InChI=1S/C18H26F2N2O2/c1-18(2)11-22(16-6-4-3-5-15(16)21-18)12-9-13(19)17(14(20)10-12)24-8-7-23/h9-10,15-16,21,23H,3-8,11H2,1-2H3/t15-,16-/m0/s1. The number of fused-ring (bicyclic) bond motifs is 1. The lowest BCUT2D eigenvalue weighted by molar-refractivity contribution is 0.190. The Bertz CT molecular complexity index is 571. The molecule has 134 valence electrons. The number of rotatable bonds is 4. The summed E-state index contributed by atoms with van der Waals surface area (Å²) in [4.78, 5) is 2.14. The minimum atomic E-state index is -0.720. The minimum Gasteiger partial charge on any atom is -0.485 e. The topological polar surface area (TPSA) is 44.7 Å². The number of hydrogen-bond acceptors (Lipinski definition) is 4. The zero-order valence-corrected chi connectivity index (χ0v) is 14.3. The van der Waals surface area contributed by atoms with Crippen LogP contribution in [0.2, 0.25) is 0 Å². The van der Waals surface area contributed by atoms with E-state index < -0.39 is 17.4 Å². The van der Waals surface area contributed by atoms with Crippen LogP contribution in [0.1, 0.15) is 39.5 Å². The van der Waals surface area contributed by atoms with E-state index >= 15 is 0 Å². The molecule has 1 saturated heterocycles. The first kappa shape index (κ1) is 17.4. The maximum atomic E-state index is 14.3. The molecule has 0 spiro atoms. The highest BCUT2D eigenvalue weighted by Gasteiger charge is 2.40. The van der Waals surface area contributed by atoms with Crippen LogP contribution in [0.3, 0.4) is 0 Å². The van der Waals surface area contributed by atoms with E-state index in [4.69, 9.17) is 9.84 Å². The molecule has 0 unspecified atom stereocenters. The fraction of sp³-hybridized carbons (Fsp3) is 0.667. The Labute approximate surface area is 141 Å². The Balaban J connectivity index is 1.91. The van der Waals surface area contributed by atoms with E-state index in [1.54, 1.807) is 0 Å². The molecule has 0 radical (unpaired) electrons. The number of aliphatic hydroxyl groups is 1. The number of benzene rings is 1. The van der Waals surface area contributed by atoms with Gasteiger partial charge in [-0.25, -0.2) is 8.78 Å². The van der Waals surface area contributed by atoms with Crippen molar-refractivity contribution in [3.05, 3.63) is 23.8 Å². The Morgan fingerprint density at radius 1 is 1.25 bits per heavy atom. The van der Waals surface area contributed by atoms with Gasteiger partial charge in [0.25, 0.3) is 0 Å². The van der Waals surface area contributed by atoms with Crippen molar-refractivity contribution in [2.75, 3.05) is 24.7 Å². The predicted octanol–water partition coefficient (Wildman–Crippen LogP) is 2.84. The SMILES string of the molecule is CC1(C)CN(c2cc(F)c(OCCO)c(F)c2)[C@H]2CCCC[C@@H]2N1. The van der Waals surface area contributed by atoms with Gasteiger partial charge in [0, 0.05) is 42.0 Å². The third kappa shape index (κ3) is 3.49. The number of nitrogens with zero attached hydrogens (tertiary/aromatic N) is 1. The van der Waals surface area contributed by atoms with Gasteiger partial charge in [0.2, 0.25) is 0 Å². The van der Waals surface area contributed by atoms with Crippen LogP contribution in [-0.2, 0) is 0 Å². The lowest BCUT2D eigenvalue weighted by atomic mass is 9.83. The van der Waals surface area contributed by atoms with Crippen LogP contribution in [0.5, 0.6) is 5.75 Å². The Kier molecular flexibility index (Phi) is 4.97. The Hall–Kier alpha value is -1.40. The molecule has 0 amide bonds. The average Bonchev–Trinajstić information content (AvgIpc) is 2.52. The molecule has 1 aliphatic carbocycles. The highest BCUT2D eigenvalue weighted by molar-refractivity contribution is 5.53. The molecule has 1 aromatic carbocycles. The first-order chi connectivity index (χ1) is 11.4. The molecule has 1 saturated carbocycles. The van der Waals surface area contributed by atoms with E-state index in [9.17, 15) is 8.78 Å². The van der Waals surface area contributed by atoms with Crippen molar-refractivity contribution in [3.63, 3.8) is 0 Å². The van der Waals surface area contributed by atoms with Gasteiger partial charge >= 0.3 is 0 Å². The number of hydrogen-bond donors (Lipinski definition) is 2. The summed E-state index contributed by atoms with van der Waals surface area (Å²) < 4.78 is 33.6. The van der Waals surface area contributed by atoms with Crippen molar-refractivity contribution in [2.45, 2.75) is 57.2 Å². The summed E-state index contributed by atoms with van der Waals surface area (Å²) in [6, 6.07) is 3.31. The second-order valence-corrected chi connectivity index (χ2v) is 7.43. The largest absolute Gasteiger partial charge is 0.485 e. The minimum absolute atomic E-state index is 0.114. The van der Waals surface area contributed by atoms with Crippen molar-refractivity contribution < 1.29 is 18.6 Å². The molecule has 3 rings (SSSR count). The molecule has 0 bridgehead atoms. The monoisotopic (exact) mass is 340 g/mol. The van der Waals surface area contributed by atoms with Gasteiger partial charge in [0.15, 0.2) is 17.4 Å². The van der Waals surface area contributed by atoms with Crippen LogP contribution in [0.15, 0.2) is 12.1 Å². The zero-order chi connectivity index (χ0) is 17.3. The molecule has 6 heteroatoms. The summed E-state index contributed by atoms with van der Waals surface area (Å²) in [6.07, 6.45) is 4.45. The maximum Gasteiger partial charge on any atom is 0.190 e. The number of nitrogens with one attached hydrogen (secondary N) is 1. The van der Waals surface area contributed by atoms with Gasteiger partial charge in [0.05, 0.1) is 6.61 Å². The van der Waals surface area contributed by atoms with Gasteiger partial charge in [0.1, 0.15) is 6.61 Å². The first-order valence-electron chi connectivity index (χ1n) is 8.68. The number of halogens is 2. The van der Waals surface area contributed by atoms with Gasteiger partial charge in [-0.2, -0.15) is 0 Å². The maximum absolute atomic E-state index is 14.3. The first-order valence-corrected chi connectivity index (χ1v) is 8.68. The average molecular weight is 340 g/mol. The molecule has 24 heavy (non-hydrogen) atoms. The highest BCUT2D eigenvalue weighted by atomic mass is 19.1. The number of piperazine rings is 1. The van der Waals surface area contributed by atoms with Crippen molar-refractivity contribution in [2.24, 2.45) is 0 Å². The van der Waals surface area contributed by atoms with E-state index in [-0.39, 0.29) is 24.8 Å². The van der Waals surface area contributed by atoms with Crippen molar-refractivity contribution >= 4 is 5.69 Å². The molecule has 0 aromatic heterocycles. The van der Waals surface area contributed by atoms with Crippen LogP contribution in [0.4, 0.5) is 14.5 Å². The third-order valence-electron chi connectivity index (χ3n) is 4.92. The van der Waals surface area contributed by atoms with Crippen molar-refractivity contribution in [1.82, 2.24) is 5.32 Å². The van der Waals surface area contributed by atoms with Crippen LogP contribution >= 0.6 is 0 Å². The Morgan fingerprint density at radius 3 is 2.58 bits per heavy atom. The van der Waals surface area contributed by atoms with E-state index in [1.165, 1.54) is 18.6 Å². The molecule has 1 heterocycles. The molecule has 4 nitrogen and oxygen atoms in total. The molecular formula is C18H26F2N2O2. The van der Waals surface area contributed by atoms with Gasteiger partial charge in [-0.05, 0) is 26.7 Å². The molecule has 2 atom stereocenters. The summed E-state index contributed by atoms with van der Waals surface area (Å²) in [5.74, 6) is -1.85. The predicted molar refractivity (Wildman–Crippen MR) is 89.5 cm³/mol. The molecule has 2 aliphatic rings. The lowest BCUT2D eigenvalue weighted by Crippen LogP contribution is -2.67. The lowest BCUT2D eigenvalue weighted by Gasteiger charge is -2.52. The van der Waals surface area contributed by atoms with E-state index in [1.807, 2.05) is 0 Å². The number of anilines is 1. The normalized spacial score (nSPS) is 26.1. The summed E-state index contributed by atoms with van der Waals surface area (Å²) in [5.41, 5.74) is 0.449. The molecule has 1 aromatic rings. The highest BCUT2D eigenvalue weighted by Crippen LogP contribution is 2.36. The van der Waals surface area contributed by atoms with E-state index in [0.717, 1.165) is 19.3 Å². The van der Waals surface area contributed by atoms with Gasteiger partial charge in [-0.1, -0.05) is 12.8 Å². The summed E-state index contributed by atoms with van der Waals surface area (Å²) in [7, 11) is 0. The van der Waals surface area contributed by atoms with Gasteiger partial charge < -0.3 is 20.1 Å². The van der Waals surface area contributed by atoms with Gasteiger partial charge in [-0.3, -0.25) is 0 Å². The fourth-order valence-corrected chi connectivity index (χ4v) is 4.02. The summed E-state index contributed by atoms with van der Waals surface area (Å²) >= 11 is 0. The molecule has 2 fully saturated rings. The van der Waals surface area contributed by atoms with Crippen molar-refractivity contribution in [1.29, 1.82) is 0 Å². The van der Waals surface area contributed by atoms with Crippen molar-refractivity contribution in [3.8, 4) is 5.75 Å². The second kappa shape index (κ2) is 6.84. The second-order valence-electron chi connectivity index (χ2n) is 7.43. The summed E-state index contributed by atoms with van der Waals surface area (Å²) in [5, 5.41) is 12.5. The fourth-order valence-electron chi connectivity index (χ4n) is 4.02. The number of ether oxygens (including phenoxy) is 1. The quantitative estimate of drug-likeness (QED) is 0.885. The smallest absolute Gasteiger partial charge is 0.190 e. The van der Waals surface area contributed by atoms with Crippen LogP contribution in [0.25, 0.3) is 0 Å². The van der Waals surface area contributed by atoms with E-state index in [0.29, 0.717) is 18.3 Å². The molecule has 2 N–H and O–H groups in total. The Morgan fingerprint density at radius 2 is 1.92 bits per heavy atom. The third-order valence-corrected chi connectivity index (χ3v) is 4.92. The zero-order valence-electron chi connectivity index (χ0n) is 14.3. The van der Waals surface area contributed by atoms with Crippen LogP contribution in [0, 0.1) is 11.6 Å². The van der Waals surface area contributed by atoms with Crippen LogP contribution in [-0.4, -0.2) is 42.5 Å². The van der Waals surface area contributed by atoms with Gasteiger partial charge in [-0.15, -0.1) is 0 Å². The summed E-state index contributed by atoms with van der Waals surface area (Å²) in [6.45, 7) is 4.53. The van der Waals surface area contributed by atoms with E-state index in [2.05, 4.69) is 24.1 Å². The van der Waals surface area contributed by atoms with Crippen LogP contribution < -0.4 is 15.0 Å².